The monoisotopic (exact) mass is 302 g/mol. The van der Waals surface area contributed by atoms with Crippen LogP contribution in [0.4, 0.5) is 0 Å². The standard InChI is InChI=1S/C17H22N2OS/c1-11-8-6-7-9-13(11)10-18-15(20)14-12(2)19-16(21-14)17(3,4)5/h6-9H,10H2,1-5H3,(H,18,20). The first-order chi connectivity index (χ1) is 9.79. The van der Waals surface area contributed by atoms with Crippen molar-refractivity contribution in [2.24, 2.45) is 0 Å². The fraction of sp³-hybridized carbons (Fsp3) is 0.412. The smallest absolute Gasteiger partial charge is 0.263 e. The molecule has 2 aromatic rings. The molecule has 1 aromatic heterocycles. The maximum Gasteiger partial charge on any atom is 0.263 e. The molecular formula is C17H22N2OS. The second kappa shape index (κ2) is 5.98. The third-order valence-corrected chi connectivity index (χ3v) is 4.93. The van der Waals surface area contributed by atoms with Gasteiger partial charge in [0.05, 0.1) is 10.7 Å². The normalized spacial score (nSPS) is 11.5. The minimum atomic E-state index is -0.0382. The zero-order valence-electron chi connectivity index (χ0n) is 13.3. The van der Waals surface area contributed by atoms with Crippen molar-refractivity contribution in [1.82, 2.24) is 10.3 Å². The van der Waals surface area contributed by atoms with Crippen LogP contribution in [0.2, 0.25) is 0 Å². The lowest BCUT2D eigenvalue weighted by molar-refractivity contribution is 0.0954. The van der Waals surface area contributed by atoms with Crippen LogP contribution in [0.25, 0.3) is 0 Å². The predicted octanol–water partition coefficient (Wildman–Crippen LogP) is 3.99. The maximum absolute atomic E-state index is 12.3. The maximum atomic E-state index is 12.3. The molecule has 0 saturated carbocycles. The Morgan fingerprint density at radius 2 is 1.90 bits per heavy atom. The second-order valence-electron chi connectivity index (χ2n) is 6.29. The van der Waals surface area contributed by atoms with Crippen molar-refractivity contribution in [3.8, 4) is 0 Å². The van der Waals surface area contributed by atoms with E-state index in [1.54, 1.807) is 0 Å². The first-order valence-electron chi connectivity index (χ1n) is 7.09. The van der Waals surface area contributed by atoms with E-state index >= 15 is 0 Å². The van der Waals surface area contributed by atoms with Crippen LogP contribution < -0.4 is 5.32 Å². The van der Waals surface area contributed by atoms with Crippen molar-refractivity contribution in [2.75, 3.05) is 0 Å². The average Bonchev–Trinajstić information content (AvgIpc) is 2.80. The summed E-state index contributed by atoms with van der Waals surface area (Å²) in [4.78, 5) is 17.6. The number of carbonyl (C=O) groups is 1. The first-order valence-corrected chi connectivity index (χ1v) is 7.91. The van der Waals surface area contributed by atoms with E-state index < -0.39 is 0 Å². The van der Waals surface area contributed by atoms with Crippen LogP contribution in [-0.4, -0.2) is 10.9 Å². The molecule has 0 unspecified atom stereocenters. The molecule has 0 spiro atoms. The molecule has 0 aliphatic heterocycles. The molecule has 0 atom stereocenters. The molecule has 0 bridgehead atoms. The van der Waals surface area contributed by atoms with Crippen molar-refractivity contribution in [3.05, 3.63) is 51.0 Å². The number of hydrogen-bond donors (Lipinski definition) is 1. The van der Waals surface area contributed by atoms with Gasteiger partial charge in [-0.2, -0.15) is 0 Å². The molecule has 4 heteroatoms. The molecule has 3 nitrogen and oxygen atoms in total. The van der Waals surface area contributed by atoms with Crippen LogP contribution >= 0.6 is 11.3 Å². The minimum Gasteiger partial charge on any atom is -0.347 e. The summed E-state index contributed by atoms with van der Waals surface area (Å²) in [5, 5.41) is 3.99. The van der Waals surface area contributed by atoms with Crippen molar-refractivity contribution in [3.63, 3.8) is 0 Å². The summed E-state index contributed by atoms with van der Waals surface area (Å²) in [6, 6.07) is 8.08. The second-order valence-corrected chi connectivity index (χ2v) is 7.29. The SMILES string of the molecule is Cc1ccccc1CNC(=O)c1sc(C(C)(C)C)nc1C. The average molecular weight is 302 g/mol. The Morgan fingerprint density at radius 3 is 2.48 bits per heavy atom. The van der Waals surface area contributed by atoms with Gasteiger partial charge in [0.15, 0.2) is 0 Å². The molecule has 0 radical (unpaired) electrons. The summed E-state index contributed by atoms with van der Waals surface area (Å²) in [7, 11) is 0. The van der Waals surface area contributed by atoms with Gasteiger partial charge in [0, 0.05) is 12.0 Å². The molecule has 112 valence electrons. The quantitative estimate of drug-likeness (QED) is 0.931. The van der Waals surface area contributed by atoms with Crippen molar-refractivity contribution in [1.29, 1.82) is 0 Å². The number of aromatic nitrogens is 1. The molecule has 0 fully saturated rings. The predicted molar refractivity (Wildman–Crippen MR) is 87.9 cm³/mol. The van der Waals surface area contributed by atoms with E-state index in [0.717, 1.165) is 16.3 Å². The van der Waals surface area contributed by atoms with E-state index in [1.165, 1.54) is 16.9 Å². The summed E-state index contributed by atoms with van der Waals surface area (Å²) < 4.78 is 0. The van der Waals surface area contributed by atoms with Gasteiger partial charge in [-0.15, -0.1) is 11.3 Å². The molecule has 0 aliphatic carbocycles. The van der Waals surface area contributed by atoms with Crippen molar-refractivity contribution in [2.45, 2.75) is 46.6 Å². The van der Waals surface area contributed by atoms with Crippen LogP contribution in [-0.2, 0) is 12.0 Å². The lowest BCUT2D eigenvalue weighted by Gasteiger charge is -2.13. The van der Waals surface area contributed by atoms with Crippen molar-refractivity contribution >= 4 is 17.2 Å². The zero-order chi connectivity index (χ0) is 15.6. The molecule has 1 N–H and O–H groups in total. The number of thiazole rings is 1. The van der Waals surface area contributed by atoms with Gasteiger partial charge in [-0.05, 0) is 25.0 Å². The minimum absolute atomic E-state index is 0.0238. The van der Waals surface area contributed by atoms with Crippen LogP contribution in [0.15, 0.2) is 24.3 Å². The van der Waals surface area contributed by atoms with Gasteiger partial charge in [0.25, 0.3) is 5.91 Å². The topological polar surface area (TPSA) is 42.0 Å². The molecule has 0 saturated heterocycles. The Hall–Kier alpha value is -1.68. The van der Waals surface area contributed by atoms with Gasteiger partial charge in [-0.1, -0.05) is 45.0 Å². The van der Waals surface area contributed by atoms with Crippen LogP contribution in [0.1, 0.15) is 52.3 Å². The molecule has 2 rings (SSSR count). The third-order valence-electron chi connectivity index (χ3n) is 3.35. The van der Waals surface area contributed by atoms with Crippen LogP contribution in [0.3, 0.4) is 0 Å². The van der Waals surface area contributed by atoms with E-state index in [0.29, 0.717) is 11.4 Å². The summed E-state index contributed by atoms with van der Waals surface area (Å²) in [6.45, 7) is 10.8. The molecule has 21 heavy (non-hydrogen) atoms. The lowest BCUT2D eigenvalue weighted by Crippen LogP contribution is -2.23. The van der Waals surface area contributed by atoms with Crippen molar-refractivity contribution < 1.29 is 4.79 Å². The largest absolute Gasteiger partial charge is 0.347 e. The third kappa shape index (κ3) is 3.70. The molecular weight excluding hydrogens is 280 g/mol. The number of benzene rings is 1. The molecule has 1 aromatic carbocycles. The Balaban J connectivity index is 2.11. The highest BCUT2D eigenvalue weighted by Gasteiger charge is 2.22. The van der Waals surface area contributed by atoms with Gasteiger partial charge >= 0.3 is 0 Å². The van der Waals surface area contributed by atoms with Gasteiger partial charge in [0.1, 0.15) is 4.88 Å². The highest BCUT2D eigenvalue weighted by Crippen LogP contribution is 2.29. The van der Waals surface area contributed by atoms with E-state index in [4.69, 9.17) is 0 Å². The van der Waals surface area contributed by atoms with E-state index in [1.807, 2.05) is 25.1 Å². The van der Waals surface area contributed by atoms with Crippen LogP contribution in [0, 0.1) is 13.8 Å². The summed E-state index contributed by atoms with van der Waals surface area (Å²) >= 11 is 1.49. The zero-order valence-corrected chi connectivity index (χ0v) is 14.1. The number of nitrogens with one attached hydrogen (secondary N) is 1. The Morgan fingerprint density at radius 1 is 1.24 bits per heavy atom. The molecule has 0 aliphatic rings. The Bertz CT molecular complexity index is 653. The van der Waals surface area contributed by atoms with E-state index in [-0.39, 0.29) is 11.3 Å². The first kappa shape index (κ1) is 15.7. The van der Waals surface area contributed by atoms with Crippen LogP contribution in [0.5, 0.6) is 0 Å². The van der Waals surface area contributed by atoms with E-state index in [9.17, 15) is 4.79 Å². The summed E-state index contributed by atoms with van der Waals surface area (Å²) in [6.07, 6.45) is 0. The van der Waals surface area contributed by atoms with Gasteiger partial charge < -0.3 is 5.32 Å². The Labute approximate surface area is 130 Å². The summed E-state index contributed by atoms with van der Waals surface area (Å²) in [5.74, 6) is -0.0382. The number of amides is 1. The Kier molecular flexibility index (Phi) is 4.47. The summed E-state index contributed by atoms with van der Waals surface area (Å²) in [5.41, 5.74) is 3.12. The van der Waals surface area contributed by atoms with Gasteiger partial charge in [0.2, 0.25) is 0 Å². The number of rotatable bonds is 3. The number of hydrogen-bond acceptors (Lipinski definition) is 3. The lowest BCUT2D eigenvalue weighted by atomic mass is 9.98. The van der Waals surface area contributed by atoms with Gasteiger partial charge in [-0.3, -0.25) is 4.79 Å². The van der Waals surface area contributed by atoms with Gasteiger partial charge in [-0.25, -0.2) is 4.98 Å². The fourth-order valence-electron chi connectivity index (χ4n) is 1.99. The molecule has 1 amide bonds. The highest BCUT2D eigenvalue weighted by atomic mass is 32.1. The number of carbonyl (C=O) groups excluding carboxylic acids is 1. The number of nitrogens with zero attached hydrogens (tertiary/aromatic N) is 1. The fourth-order valence-corrected chi connectivity index (χ4v) is 3.03. The molecule has 1 heterocycles. The van der Waals surface area contributed by atoms with E-state index in [2.05, 4.69) is 44.1 Å². The number of aryl methyl sites for hydroxylation is 2. The highest BCUT2D eigenvalue weighted by molar-refractivity contribution is 7.14.